The maximum absolute atomic E-state index is 8.95. The Balaban J connectivity index is 2.25. The molecule has 0 aromatic heterocycles. The van der Waals surface area contributed by atoms with Crippen molar-refractivity contribution in [3.05, 3.63) is 0 Å². The number of rotatable bonds is 3. The highest BCUT2D eigenvalue weighted by atomic mass is 16.3. The van der Waals surface area contributed by atoms with Gasteiger partial charge in [0.2, 0.25) is 0 Å². The minimum Gasteiger partial charge on any atom is -0.395 e. The third kappa shape index (κ3) is 3.09. The molecule has 1 saturated heterocycles. The fourth-order valence-corrected chi connectivity index (χ4v) is 1.70. The van der Waals surface area contributed by atoms with Crippen LogP contribution in [0.3, 0.4) is 0 Å². The van der Waals surface area contributed by atoms with Gasteiger partial charge >= 0.3 is 0 Å². The molecule has 12 heavy (non-hydrogen) atoms. The van der Waals surface area contributed by atoms with Crippen LogP contribution in [0.25, 0.3) is 0 Å². The Hall–Kier alpha value is -0.120. The van der Waals surface area contributed by atoms with Gasteiger partial charge in [0.15, 0.2) is 0 Å². The summed E-state index contributed by atoms with van der Waals surface area (Å²) in [5.41, 5.74) is 0. The van der Waals surface area contributed by atoms with Gasteiger partial charge in [0.05, 0.1) is 6.61 Å². The van der Waals surface area contributed by atoms with Crippen LogP contribution in [0.1, 0.15) is 13.8 Å². The topological polar surface area (TPSA) is 35.5 Å². The van der Waals surface area contributed by atoms with E-state index in [0.29, 0.717) is 0 Å². The average Bonchev–Trinajstić information content (AvgIpc) is 2.03. The molecule has 1 atom stereocenters. The fourth-order valence-electron chi connectivity index (χ4n) is 1.70. The Morgan fingerprint density at radius 2 is 2.33 bits per heavy atom. The summed E-state index contributed by atoms with van der Waals surface area (Å²) >= 11 is 0. The molecule has 0 bridgehead atoms. The number of hydrogen-bond donors (Lipinski definition) is 2. The van der Waals surface area contributed by atoms with Gasteiger partial charge in [0, 0.05) is 32.2 Å². The Kier molecular flexibility index (Phi) is 3.98. The summed E-state index contributed by atoms with van der Waals surface area (Å²) in [5.74, 6) is 0.724. The van der Waals surface area contributed by atoms with Gasteiger partial charge < -0.3 is 15.3 Å². The van der Waals surface area contributed by atoms with Crippen molar-refractivity contribution in [1.29, 1.82) is 0 Å². The summed E-state index contributed by atoms with van der Waals surface area (Å²) in [6.45, 7) is 9.00. The van der Waals surface area contributed by atoms with Crippen LogP contribution in [0.15, 0.2) is 0 Å². The quantitative estimate of drug-likeness (QED) is 0.624. The van der Waals surface area contributed by atoms with Crippen molar-refractivity contribution >= 4 is 0 Å². The van der Waals surface area contributed by atoms with Crippen LogP contribution in [0.5, 0.6) is 0 Å². The Labute approximate surface area is 74.8 Å². The minimum absolute atomic E-state index is 0.259. The van der Waals surface area contributed by atoms with Crippen LogP contribution in [-0.4, -0.2) is 48.8 Å². The van der Waals surface area contributed by atoms with E-state index in [-0.39, 0.29) is 12.6 Å². The molecule has 0 amide bonds. The Bertz CT molecular complexity index is 128. The van der Waals surface area contributed by atoms with Crippen LogP contribution < -0.4 is 5.32 Å². The van der Waals surface area contributed by atoms with Crippen molar-refractivity contribution in [1.82, 2.24) is 10.2 Å². The Morgan fingerprint density at radius 1 is 1.58 bits per heavy atom. The second-order valence-corrected chi connectivity index (χ2v) is 3.99. The highest BCUT2D eigenvalue weighted by Crippen LogP contribution is 2.02. The zero-order chi connectivity index (χ0) is 8.97. The second kappa shape index (κ2) is 4.80. The number of aliphatic hydroxyl groups excluding tert-OH is 1. The largest absolute Gasteiger partial charge is 0.395 e. The van der Waals surface area contributed by atoms with Crippen molar-refractivity contribution in [3.63, 3.8) is 0 Å². The molecule has 1 aliphatic heterocycles. The molecule has 0 aliphatic carbocycles. The minimum atomic E-state index is 0.259. The first-order chi connectivity index (χ1) is 5.72. The van der Waals surface area contributed by atoms with Gasteiger partial charge in [-0.3, -0.25) is 0 Å². The van der Waals surface area contributed by atoms with Crippen molar-refractivity contribution in [2.75, 3.05) is 32.8 Å². The molecule has 1 rings (SSSR count). The van der Waals surface area contributed by atoms with Crippen LogP contribution in [0, 0.1) is 5.92 Å². The predicted octanol–water partition coefficient (Wildman–Crippen LogP) is -0.0915. The second-order valence-electron chi connectivity index (χ2n) is 3.99. The Morgan fingerprint density at radius 3 is 2.92 bits per heavy atom. The van der Waals surface area contributed by atoms with E-state index in [9.17, 15) is 0 Å². The number of nitrogens with zero attached hydrogens (tertiary/aromatic N) is 1. The highest BCUT2D eigenvalue weighted by molar-refractivity contribution is 4.77. The molecule has 0 spiro atoms. The maximum Gasteiger partial charge on any atom is 0.0597 e. The van der Waals surface area contributed by atoms with Crippen LogP contribution >= 0.6 is 0 Å². The summed E-state index contributed by atoms with van der Waals surface area (Å²) < 4.78 is 0. The van der Waals surface area contributed by atoms with E-state index in [1.165, 1.54) is 0 Å². The zero-order valence-electron chi connectivity index (χ0n) is 8.08. The van der Waals surface area contributed by atoms with E-state index in [0.717, 1.165) is 32.1 Å². The van der Waals surface area contributed by atoms with E-state index in [1.54, 1.807) is 0 Å². The van der Waals surface area contributed by atoms with Crippen molar-refractivity contribution in [2.45, 2.75) is 19.9 Å². The molecule has 1 heterocycles. The third-order valence-corrected chi connectivity index (χ3v) is 2.18. The molecule has 2 N–H and O–H groups in total. The van der Waals surface area contributed by atoms with Gasteiger partial charge in [0.1, 0.15) is 0 Å². The monoisotopic (exact) mass is 172 g/mol. The lowest BCUT2D eigenvalue weighted by molar-refractivity contribution is 0.138. The van der Waals surface area contributed by atoms with Gasteiger partial charge in [-0.1, -0.05) is 13.8 Å². The number of aliphatic hydroxyl groups is 1. The number of piperazine rings is 1. The summed E-state index contributed by atoms with van der Waals surface area (Å²) in [6.07, 6.45) is 0. The van der Waals surface area contributed by atoms with E-state index in [2.05, 4.69) is 24.1 Å². The first-order valence-electron chi connectivity index (χ1n) is 4.79. The summed E-state index contributed by atoms with van der Waals surface area (Å²) in [4.78, 5) is 2.42. The van der Waals surface area contributed by atoms with Crippen LogP contribution in [0.4, 0.5) is 0 Å². The van der Waals surface area contributed by atoms with Crippen molar-refractivity contribution in [2.24, 2.45) is 5.92 Å². The normalized spacial score (nSPS) is 26.5. The summed E-state index contributed by atoms with van der Waals surface area (Å²) in [7, 11) is 0. The van der Waals surface area contributed by atoms with Gasteiger partial charge in [-0.2, -0.15) is 0 Å². The molecule has 3 heteroatoms. The van der Waals surface area contributed by atoms with E-state index in [4.69, 9.17) is 5.11 Å². The lowest BCUT2D eigenvalue weighted by Gasteiger charge is -2.33. The molecular formula is C9H20N2O. The first-order valence-corrected chi connectivity index (χ1v) is 4.79. The first kappa shape index (κ1) is 9.96. The van der Waals surface area contributed by atoms with Crippen molar-refractivity contribution < 1.29 is 5.11 Å². The molecule has 0 radical (unpaired) electrons. The van der Waals surface area contributed by atoms with E-state index >= 15 is 0 Å². The molecule has 3 nitrogen and oxygen atoms in total. The number of nitrogens with one attached hydrogen (secondary N) is 1. The molecular weight excluding hydrogens is 152 g/mol. The van der Waals surface area contributed by atoms with Gasteiger partial charge in [-0.25, -0.2) is 0 Å². The summed E-state index contributed by atoms with van der Waals surface area (Å²) in [5, 5.41) is 12.2. The van der Waals surface area contributed by atoms with Gasteiger partial charge in [-0.05, 0) is 5.92 Å². The maximum atomic E-state index is 8.95. The zero-order valence-corrected chi connectivity index (χ0v) is 8.08. The fraction of sp³-hybridized carbons (Fsp3) is 1.00. The van der Waals surface area contributed by atoms with Gasteiger partial charge in [0.25, 0.3) is 0 Å². The van der Waals surface area contributed by atoms with Crippen LogP contribution in [0.2, 0.25) is 0 Å². The summed E-state index contributed by atoms with van der Waals surface area (Å²) in [6, 6.07) is 0.289. The predicted molar refractivity (Wildman–Crippen MR) is 50.2 cm³/mol. The van der Waals surface area contributed by atoms with Gasteiger partial charge in [-0.15, -0.1) is 0 Å². The molecule has 0 aromatic rings. The average molecular weight is 172 g/mol. The number of hydrogen-bond acceptors (Lipinski definition) is 3. The highest BCUT2D eigenvalue weighted by Gasteiger charge is 2.18. The molecule has 0 aromatic carbocycles. The molecule has 72 valence electrons. The lowest BCUT2D eigenvalue weighted by Crippen LogP contribution is -2.52. The standard InChI is InChI=1S/C9H20N2O/c1-8(2)5-11-4-3-10-9(6-11)7-12/h8-10,12H,3-7H2,1-2H3/t9-/m0/s1. The molecule has 1 aliphatic rings. The van der Waals surface area contributed by atoms with Crippen molar-refractivity contribution in [3.8, 4) is 0 Å². The molecule has 0 unspecified atom stereocenters. The van der Waals surface area contributed by atoms with E-state index < -0.39 is 0 Å². The molecule has 0 saturated carbocycles. The third-order valence-electron chi connectivity index (χ3n) is 2.18. The van der Waals surface area contributed by atoms with E-state index in [1.807, 2.05) is 0 Å². The smallest absolute Gasteiger partial charge is 0.0597 e. The lowest BCUT2D eigenvalue weighted by atomic mass is 10.1. The molecule has 1 fully saturated rings. The SMILES string of the molecule is CC(C)CN1CCN[C@H](CO)C1. The van der Waals surface area contributed by atoms with Crippen LogP contribution in [-0.2, 0) is 0 Å².